The monoisotopic (exact) mass is 330 g/mol. The van der Waals surface area contributed by atoms with E-state index in [0.717, 1.165) is 11.2 Å². The number of rotatable bonds is 2. The molecule has 25 heavy (non-hydrogen) atoms. The van der Waals surface area contributed by atoms with Crippen LogP contribution < -0.4 is 4.57 Å². The molecule has 0 aliphatic rings. The van der Waals surface area contributed by atoms with Crippen molar-refractivity contribution in [2.75, 3.05) is 0 Å². The molecule has 4 rings (SSSR count). The van der Waals surface area contributed by atoms with Crippen LogP contribution in [0.25, 0.3) is 27.9 Å². The van der Waals surface area contributed by atoms with Gasteiger partial charge in [0.25, 0.3) is 0 Å². The van der Waals surface area contributed by atoms with E-state index in [1.165, 1.54) is 33.5 Å². The number of fused-ring (bicyclic) bond motifs is 3. The minimum absolute atomic E-state index is 0.502. The summed E-state index contributed by atoms with van der Waals surface area (Å²) in [6.07, 6.45) is 4.34. The van der Waals surface area contributed by atoms with E-state index < -0.39 is 0 Å². The summed E-state index contributed by atoms with van der Waals surface area (Å²) in [5.74, 6) is 0.502. The summed E-state index contributed by atoms with van der Waals surface area (Å²) in [5, 5.41) is 0. The van der Waals surface area contributed by atoms with Gasteiger partial charge in [-0.05, 0) is 49.1 Å². The van der Waals surface area contributed by atoms with Gasteiger partial charge in [0.1, 0.15) is 12.7 Å². The number of nitrogens with zero attached hydrogens (tertiary/aromatic N) is 3. The average molecular weight is 330 g/mol. The molecule has 0 bridgehead atoms. The standard InChI is InChI=1S/C22H24N3/c1-14(2)17-12-19(24(5)13-16(17)4)21-15(3)9-10-18-22(21)25-11-7-6-8-20(25)23-18/h6-14H,1-5H3/q+1. The van der Waals surface area contributed by atoms with Crippen molar-refractivity contribution < 1.29 is 4.57 Å². The quantitative estimate of drug-likeness (QED) is 0.487. The maximum absolute atomic E-state index is 4.80. The van der Waals surface area contributed by atoms with E-state index in [9.17, 15) is 0 Å². The highest BCUT2D eigenvalue weighted by Gasteiger charge is 2.22. The van der Waals surface area contributed by atoms with Crippen LogP contribution in [0.3, 0.4) is 0 Å². The van der Waals surface area contributed by atoms with E-state index in [2.05, 4.69) is 86.4 Å². The summed E-state index contributed by atoms with van der Waals surface area (Å²) in [5.41, 5.74) is 9.73. The van der Waals surface area contributed by atoms with Gasteiger partial charge in [0.05, 0.1) is 16.6 Å². The van der Waals surface area contributed by atoms with Gasteiger partial charge in [-0.3, -0.25) is 4.40 Å². The van der Waals surface area contributed by atoms with Crippen LogP contribution in [0.2, 0.25) is 0 Å². The highest BCUT2D eigenvalue weighted by molar-refractivity contribution is 5.95. The van der Waals surface area contributed by atoms with Crippen molar-refractivity contribution in [1.29, 1.82) is 0 Å². The molecule has 3 heterocycles. The van der Waals surface area contributed by atoms with Gasteiger partial charge in [0.15, 0.2) is 6.20 Å². The molecule has 0 saturated heterocycles. The van der Waals surface area contributed by atoms with Crippen LogP contribution in [-0.2, 0) is 7.05 Å². The number of pyridine rings is 2. The second-order valence-electron chi connectivity index (χ2n) is 7.23. The summed E-state index contributed by atoms with van der Waals surface area (Å²) in [6.45, 7) is 8.90. The molecule has 4 aromatic rings. The molecule has 3 aromatic heterocycles. The lowest BCUT2D eigenvalue weighted by atomic mass is 9.95. The second kappa shape index (κ2) is 5.69. The fourth-order valence-electron chi connectivity index (χ4n) is 3.84. The molecule has 0 aliphatic carbocycles. The molecule has 3 nitrogen and oxygen atoms in total. The van der Waals surface area contributed by atoms with Crippen molar-refractivity contribution in [3.05, 3.63) is 65.5 Å². The zero-order valence-electron chi connectivity index (χ0n) is 15.5. The zero-order valence-corrected chi connectivity index (χ0v) is 15.5. The number of benzene rings is 1. The third kappa shape index (κ3) is 2.42. The van der Waals surface area contributed by atoms with Crippen molar-refractivity contribution >= 4 is 16.7 Å². The lowest BCUT2D eigenvalue weighted by molar-refractivity contribution is -0.660. The number of hydrogen-bond donors (Lipinski definition) is 0. The first kappa shape index (κ1) is 15.8. The van der Waals surface area contributed by atoms with E-state index >= 15 is 0 Å². The molecule has 3 heteroatoms. The van der Waals surface area contributed by atoms with Gasteiger partial charge in [0, 0.05) is 17.8 Å². The summed E-state index contributed by atoms with van der Waals surface area (Å²) in [4.78, 5) is 4.80. The van der Waals surface area contributed by atoms with Crippen LogP contribution in [0.1, 0.15) is 36.5 Å². The molecule has 126 valence electrons. The Balaban J connectivity index is 2.14. The van der Waals surface area contributed by atoms with Crippen molar-refractivity contribution in [2.24, 2.45) is 7.05 Å². The molecule has 0 radical (unpaired) electrons. The normalized spacial score (nSPS) is 11.8. The first-order chi connectivity index (χ1) is 12.0. The van der Waals surface area contributed by atoms with Crippen LogP contribution in [0.15, 0.2) is 48.8 Å². The Bertz CT molecular complexity index is 1100. The molecule has 0 spiro atoms. The molecule has 0 fully saturated rings. The third-order valence-electron chi connectivity index (χ3n) is 5.07. The Hall–Kier alpha value is -2.68. The summed E-state index contributed by atoms with van der Waals surface area (Å²) < 4.78 is 4.44. The minimum Gasteiger partial charge on any atom is -0.299 e. The summed E-state index contributed by atoms with van der Waals surface area (Å²) in [7, 11) is 2.13. The molecule has 0 saturated carbocycles. The lowest BCUT2D eigenvalue weighted by Gasteiger charge is -2.13. The predicted octanol–water partition coefficient (Wildman–Crippen LogP) is 4.72. The Kier molecular flexibility index (Phi) is 3.60. The van der Waals surface area contributed by atoms with Gasteiger partial charge in [-0.1, -0.05) is 26.0 Å². The lowest BCUT2D eigenvalue weighted by Crippen LogP contribution is -2.32. The topological polar surface area (TPSA) is 21.2 Å². The number of imidazole rings is 1. The third-order valence-corrected chi connectivity index (χ3v) is 5.07. The molecular formula is C22H24N3+. The Morgan fingerprint density at radius 3 is 2.60 bits per heavy atom. The Morgan fingerprint density at radius 1 is 1.04 bits per heavy atom. The maximum Gasteiger partial charge on any atom is 0.215 e. The molecule has 0 amide bonds. The van der Waals surface area contributed by atoms with Crippen LogP contribution in [0, 0.1) is 13.8 Å². The first-order valence-electron chi connectivity index (χ1n) is 8.84. The Morgan fingerprint density at radius 2 is 1.84 bits per heavy atom. The molecule has 0 unspecified atom stereocenters. The number of hydrogen-bond acceptors (Lipinski definition) is 1. The van der Waals surface area contributed by atoms with E-state index in [0.29, 0.717) is 5.92 Å². The van der Waals surface area contributed by atoms with Crippen LogP contribution >= 0.6 is 0 Å². The summed E-state index contributed by atoms with van der Waals surface area (Å²) >= 11 is 0. The smallest absolute Gasteiger partial charge is 0.215 e. The van der Waals surface area contributed by atoms with Crippen LogP contribution in [0.4, 0.5) is 0 Å². The van der Waals surface area contributed by atoms with Crippen LogP contribution in [0.5, 0.6) is 0 Å². The molecule has 0 atom stereocenters. The van der Waals surface area contributed by atoms with Crippen molar-refractivity contribution in [3.8, 4) is 11.3 Å². The van der Waals surface area contributed by atoms with Crippen molar-refractivity contribution in [2.45, 2.75) is 33.6 Å². The maximum atomic E-state index is 4.80. The van der Waals surface area contributed by atoms with Gasteiger partial charge in [-0.2, -0.15) is 0 Å². The highest BCUT2D eigenvalue weighted by atomic mass is 15.0. The largest absolute Gasteiger partial charge is 0.299 e. The predicted molar refractivity (Wildman–Crippen MR) is 103 cm³/mol. The van der Waals surface area contributed by atoms with Gasteiger partial charge in [0.2, 0.25) is 5.69 Å². The van der Waals surface area contributed by atoms with Gasteiger partial charge < -0.3 is 0 Å². The fourth-order valence-corrected chi connectivity index (χ4v) is 3.84. The SMILES string of the molecule is Cc1c[n+](C)c(-c2c(C)ccc3nc4ccccn4c23)cc1C(C)C. The van der Waals surface area contributed by atoms with E-state index in [4.69, 9.17) is 4.98 Å². The van der Waals surface area contributed by atoms with Gasteiger partial charge in [-0.15, -0.1) is 0 Å². The van der Waals surface area contributed by atoms with Crippen molar-refractivity contribution in [1.82, 2.24) is 9.38 Å². The highest BCUT2D eigenvalue weighted by Crippen LogP contribution is 2.32. The molecular weight excluding hydrogens is 306 g/mol. The first-order valence-corrected chi connectivity index (χ1v) is 8.84. The zero-order chi connectivity index (χ0) is 17.7. The molecule has 1 aromatic carbocycles. The van der Waals surface area contributed by atoms with Crippen molar-refractivity contribution in [3.63, 3.8) is 0 Å². The van der Waals surface area contributed by atoms with E-state index in [-0.39, 0.29) is 0 Å². The van der Waals surface area contributed by atoms with E-state index in [1.807, 2.05) is 6.07 Å². The minimum atomic E-state index is 0.502. The average Bonchev–Trinajstić information content (AvgIpc) is 2.94. The van der Waals surface area contributed by atoms with Crippen LogP contribution in [-0.4, -0.2) is 9.38 Å². The van der Waals surface area contributed by atoms with Gasteiger partial charge >= 0.3 is 0 Å². The molecule has 0 N–H and O–H groups in total. The van der Waals surface area contributed by atoms with Gasteiger partial charge in [-0.25, -0.2) is 9.55 Å². The Labute approximate surface area is 148 Å². The fraction of sp³-hybridized carbons (Fsp3) is 0.273. The number of aryl methyl sites for hydroxylation is 3. The molecule has 0 aliphatic heterocycles. The second-order valence-corrected chi connectivity index (χ2v) is 7.23. The summed E-state index contributed by atoms with van der Waals surface area (Å²) in [6, 6.07) is 12.8. The van der Waals surface area contributed by atoms with E-state index in [1.54, 1.807) is 0 Å². The number of aromatic nitrogens is 3.